The Morgan fingerprint density at radius 1 is 1.56 bits per heavy atom. The number of pyridine rings is 1. The highest BCUT2D eigenvalue weighted by Gasteiger charge is 2.13. The van der Waals surface area contributed by atoms with E-state index in [0.717, 1.165) is 28.9 Å². The van der Waals surface area contributed by atoms with Crippen molar-refractivity contribution in [2.24, 2.45) is 0 Å². The SMILES string of the molecule is Cc1cnc(NCC2CCCCS2)cc1N. The van der Waals surface area contributed by atoms with E-state index in [1.807, 2.05) is 19.2 Å². The lowest BCUT2D eigenvalue weighted by Crippen LogP contribution is -2.20. The summed E-state index contributed by atoms with van der Waals surface area (Å²) in [5.74, 6) is 2.20. The summed E-state index contributed by atoms with van der Waals surface area (Å²) in [4.78, 5) is 4.32. The molecule has 1 fully saturated rings. The van der Waals surface area contributed by atoms with Gasteiger partial charge in [0.15, 0.2) is 0 Å². The summed E-state index contributed by atoms with van der Waals surface area (Å²) in [7, 11) is 0. The van der Waals surface area contributed by atoms with Gasteiger partial charge in [-0.05, 0) is 31.1 Å². The fraction of sp³-hybridized carbons (Fsp3) is 0.583. The van der Waals surface area contributed by atoms with Crippen LogP contribution in [-0.4, -0.2) is 22.5 Å². The first-order chi connectivity index (χ1) is 7.75. The van der Waals surface area contributed by atoms with Gasteiger partial charge in [-0.2, -0.15) is 11.8 Å². The van der Waals surface area contributed by atoms with Crippen molar-refractivity contribution < 1.29 is 0 Å². The number of hydrogen-bond donors (Lipinski definition) is 2. The molecule has 1 aromatic heterocycles. The lowest BCUT2D eigenvalue weighted by molar-refractivity contribution is 0.677. The van der Waals surface area contributed by atoms with Crippen LogP contribution in [-0.2, 0) is 0 Å². The van der Waals surface area contributed by atoms with Gasteiger partial charge >= 0.3 is 0 Å². The third-order valence-electron chi connectivity index (χ3n) is 2.93. The van der Waals surface area contributed by atoms with E-state index in [1.165, 1.54) is 25.0 Å². The number of anilines is 2. The number of aryl methyl sites for hydroxylation is 1. The summed E-state index contributed by atoms with van der Waals surface area (Å²) in [5, 5.41) is 4.10. The molecule has 0 aromatic carbocycles. The first kappa shape index (κ1) is 11.6. The van der Waals surface area contributed by atoms with Crippen LogP contribution in [0.2, 0.25) is 0 Å². The molecular formula is C12H19N3S. The van der Waals surface area contributed by atoms with Gasteiger partial charge in [-0.1, -0.05) is 6.42 Å². The Labute approximate surface area is 101 Å². The highest BCUT2D eigenvalue weighted by molar-refractivity contribution is 7.99. The van der Waals surface area contributed by atoms with Gasteiger partial charge in [0.05, 0.1) is 0 Å². The smallest absolute Gasteiger partial charge is 0.127 e. The molecule has 1 aliphatic rings. The zero-order valence-electron chi connectivity index (χ0n) is 9.70. The minimum atomic E-state index is 0.734. The summed E-state index contributed by atoms with van der Waals surface area (Å²) in [6.07, 6.45) is 5.88. The van der Waals surface area contributed by atoms with E-state index in [-0.39, 0.29) is 0 Å². The maximum absolute atomic E-state index is 5.84. The Morgan fingerprint density at radius 2 is 2.44 bits per heavy atom. The second-order valence-electron chi connectivity index (χ2n) is 4.30. The number of aromatic nitrogens is 1. The summed E-state index contributed by atoms with van der Waals surface area (Å²) < 4.78 is 0. The molecule has 0 radical (unpaired) electrons. The Kier molecular flexibility index (Phi) is 3.93. The summed E-state index contributed by atoms with van der Waals surface area (Å²) in [6.45, 7) is 2.98. The predicted octanol–water partition coefficient (Wildman–Crippen LogP) is 2.67. The van der Waals surface area contributed by atoms with E-state index in [0.29, 0.717) is 0 Å². The Hall–Kier alpha value is -0.900. The molecule has 0 saturated carbocycles. The van der Waals surface area contributed by atoms with Crippen LogP contribution in [0.25, 0.3) is 0 Å². The van der Waals surface area contributed by atoms with Gasteiger partial charge in [-0.3, -0.25) is 0 Å². The molecule has 3 N–H and O–H groups in total. The van der Waals surface area contributed by atoms with Crippen molar-refractivity contribution in [2.45, 2.75) is 31.4 Å². The van der Waals surface area contributed by atoms with Crippen LogP contribution in [0.1, 0.15) is 24.8 Å². The van der Waals surface area contributed by atoms with Crippen LogP contribution in [0, 0.1) is 6.92 Å². The van der Waals surface area contributed by atoms with E-state index in [1.54, 1.807) is 0 Å². The largest absolute Gasteiger partial charge is 0.398 e. The molecule has 3 nitrogen and oxygen atoms in total. The molecule has 0 aliphatic carbocycles. The minimum absolute atomic E-state index is 0.734. The maximum Gasteiger partial charge on any atom is 0.127 e. The van der Waals surface area contributed by atoms with Crippen LogP contribution < -0.4 is 11.1 Å². The number of rotatable bonds is 3. The van der Waals surface area contributed by atoms with Gasteiger partial charge in [0.25, 0.3) is 0 Å². The van der Waals surface area contributed by atoms with E-state index < -0.39 is 0 Å². The Bertz CT molecular complexity index is 348. The second-order valence-corrected chi connectivity index (χ2v) is 5.70. The number of hydrogen-bond acceptors (Lipinski definition) is 4. The minimum Gasteiger partial charge on any atom is -0.398 e. The van der Waals surface area contributed by atoms with E-state index in [4.69, 9.17) is 5.73 Å². The number of thioether (sulfide) groups is 1. The molecule has 16 heavy (non-hydrogen) atoms. The summed E-state index contributed by atoms with van der Waals surface area (Å²) >= 11 is 2.07. The molecule has 88 valence electrons. The highest BCUT2D eigenvalue weighted by Crippen LogP contribution is 2.25. The molecule has 2 heterocycles. The summed E-state index contributed by atoms with van der Waals surface area (Å²) in [5.41, 5.74) is 7.70. The van der Waals surface area contributed by atoms with Gasteiger partial charge in [0.1, 0.15) is 5.82 Å². The average molecular weight is 237 g/mol. The van der Waals surface area contributed by atoms with Crippen molar-refractivity contribution >= 4 is 23.3 Å². The lowest BCUT2D eigenvalue weighted by Gasteiger charge is -2.21. The van der Waals surface area contributed by atoms with Crippen molar-refractivity contribution in [3.8, 4) is 0 Å². The highest BCUT2D eigenvalue weighted by atomic mass is 32.2. The topological polar surface area (TPSA) is 50.9 Å². The van der Waals surface area contributed by atoms with Crippen LogP contribution in [0.15, 0.2) is 12.3 Å². The fourth-order valence-electron chi connectivity index (χ4n) is 1.82. The molecule has 1 saturated heterocycles. The van der Waals surface area contributed by atoms with Crippen molar-refractivity contribution in [3.63, 3.8) is 0 Å². The van der Waals surface area contributed by atoms with Crippen LogP contribution in [0.3, 0.4) is 0 Å². The Balaban J connectivity index is 1.86. The summed E-state index contributed by atoms with van der Waals surface area (Å²) in [6, 6.07) is 1.92. The maximum atomic E-state index is 5.84. The van der Waals surface area contributed by atoms with Gasteiger partial charge in [-0.15, -0.1) is 0 Å². The van der Waals surface area contributed by atoms with Crippen molar-refractivity contribution in [1.29, 1.82) is 0 Å². The first-order valence-corrected chi connectivity index (χ1v) is 6.88. The lowest BCUT2D eigenvalue weighted by atomic mass is 10.2. The number of nitrogen functional groups attached to an aromatic ring is 1. The van der Waals surface area contributed by atoms with Crippen molar-refractivity contribution in [1.82, 2.24) is 4.98 Å². The van der Waals surface area contributed by atoms with Crippen LogP contribution >= 0.6 is 11.8 Å². The van der Waals surface area contributed by atoms with Crippen LogP contribution in [0.4, 0.5) is 11.5 Å². The Morgan fingerprint density at radius 3 is 3.12 bits per heavy atom. The quantitative estimate of drug-likeness (QED) is 0.848. The number of nitrogens with zero attached hydrogens (tertiary/aromatic N) is 1. The number of nitrogens with one attached hydrogen (secondary N) is 1. The van der Waals surface area contributed by atoms with Gasteiger partial charge in [0, 0.05) is 29.7 Å². The normalized spacial score (nSPS) is 20.7. The van der Waals surface area contributed by atoms with Gasteiger partial charge < -0.3 is 11.1 Å². The molecule has 1 unspecified atom stereocenters. The molecule has 0 amide bonds. The molecule has 0 spiro atoms. The molecule has 1 aromatic rings. The average Bonchev–Trinajstić information content (AvgIpc) is 2.32. The monoisotopic (exact) mass is 237 g/mol. The van der Waals surface area contributed by atoms with Crippen LogP contribution in [0.5, 0.6) is 0 Å². The predicted molar refractivity (Wildman–Crippen MR) is 72.0 cm³/mol. The van der Waals surface area contributed by atoms with E-state index in [9.17, 15) is 0 Å². The first-order valence-electron chi connectivity index (χ1n) is 5.83. The molecular weight excluding hydrogens is 218 g/mol. The van der Waals surface area contributed by atoms with E-state index in [2.05, 4.69) is 22.1 Å². The molecule has 2 rings (SSSR count). The zero-order chi connectivity index (χ0) is 11.4. The van der Waals surface area contributed by atoms with Crippen molar-refractivity contribution in [2.75, 3.05) is 23.3 Å². The fourth-order valence-corrected chi connectivity index (χ4v) is 3.06. The molecule has 1 atom stereocenters. The second kappa shape index (κ2) is 5.43. The molecule has 0 bridgehead atoms. The molecule has 1 aliphatic heterocycles. The number of nitrogens with two attached hydrogens (primary N) is 1. The molecule has 4 heteroatoms. The van der Waals surface area contributed by atoms with Crippen molar-refractivity contribution in [3.05, 3.63) is 17.8 Å². The standard InChI is InChI=1S/C12H19N3S/c1-9-7-14-12(6-11(9)13)15-8-10-4-2-3-5-16-10/h6-7,10H,2-5,8H2,1H3,(H3,13,14,15). The zero-order valence-corrected chi connectivity index (χ0v) is 10.5. The van der Waals surface area contributed by atoms with E-state index >= 15 is 0 Å². The van der Waals surface area contributed by atoms with Gasteiger partial charge in [-0.25, -0.2) is 4.98 Å². The van der Waals surface area contributed by atoms with Gasteiger partial charge in [0.2, 0.25) is 0 Å². The third kappa shape index (κ3) is 3.04. The third-order valence-corrected chi connectivity index (χ3v) is 4.33.